The van der Waals surface area contributed by atoms with Gasteiger partial charge in [0.05, 0.1) is 0 Å². The summed E-state index contributed by atoms with van der Waals surface area (Å²) in [6.45, 7) is 0.622. The molecule has 0 unspecified atom stereocenters. The number of hydrogen-bond acceptors (Lipinski definition) is 1. The Morgan fingerprint density at radius 2 is 1.94 bits per heavy atom. The molecular weight excluding hydrogens is 278 g/mol. The molecule has 0 spiro atoms. The van der Waals surface area contributed by atoms with Crippen molar-refractivity contribution in [2.45, 2.75) is 38.6 Å². The molecular formula is C14H18BrNO. The molecule has 1 aromatic carbocycles. The molecule has 0 bridgehead atoms. The number of benzene rings is 1. The Kier molecular flexibility index (Phi) is 4.60. The normalized spacial score (nSPS) is 16.8. The molecule has 2 rings (SSSR count). The molecule has 1 fully saturated rings. The smallest absolute Gasteiger partial charge is 0.223 e. The molecule has 1 aliphatic rings. The van der Waals surface area contributed by atoms with Crippen LogP contribution in [0.25, 0.3) is 0 Å². The third kappa shape index (κ3) is 3.56. The number of carbonyl (C=O) groups excluding carboxylic acids is 1. The second kappa shape index (κ2) is 6.20. The Morgan fingerprint density at radius 1 is 1.24 bits per heavy atom. The molecule has 1 saturated carbocycles. The van der Waals surface area contributed by atoms with Crippen LogP contribution in [0.4, 0.5) is 0 Å². The van der Waals surface area contributed by atoms with Crippen molar-refractivity contribution < 1.29 is 4.79 Å². The molecule has 0 heterocycles. The summed E-state index contributed by atoms with van der Waals surface area (Å²) < 4.78 is 1.06. The fourth-order valence-electron chi connectivity index (χ4n) is 2.33. The van der Waals surface area contributed by atoms with Gasteiger partial charge in [-0.2, -0.15) is 0 Å². The van der Waals surface area contributed by atoms with Crippen LogP contribution < -0.4 is 5.32 Å². The quantitative estimate of drug-likeness (QED) is 0.906. The van der Waals surface area contributed by atoms with E-state index in [4.69, 9.17) is 0 Å². The summed E-state index contributed by atoms with van der Waals surface area (Å²) in [4.78, 5) is 12.0. The average molecular weight is 296 g/mol. The maximum Gasteiger partial charge on any atom is 0.223 e. The van der Waals surface area contributed by atoms with Crippen LogP contribution in [0.1, 0.15) is 37.7 Å². The van der Waals surface area contributed by atoms with E-state index in [2.05, 4.69) is 21.2 Å². The van der Waals surface area contributed by atoms with Crippen molar-refractivity contribution in [3.8, 4) is 0 Å². The fraction of sp³-hybridized carbons (Fsp3) is 0.500. The van der Waals surface area contributed by atoms with Crippen LogP contribution in [-0.2, 0) is 11.3 Å². The highest BCUT2D eigenvalue weighted by molar-refractivity contribution is 9.10. The van der Waals surface area contributed by atoms with Crippen molar-refractivity contribution in [2.75, 3.05) is 0 Å². The van der Waals surface area contributed by atoms with Gasteiger partial charge in [0.15, 0.2) is 0 Å². The van der Waals surface area contributed by atoms with Gasteiger partial charge in [-0.3, -0.25) is 4.79 Å². The molecule has 1 aromatic rings. The lowest BCUT2D eigenvalue weighted by atomic mass is 9.88. The van der Waals surface area contributed by atoms with Crippen molar-refractivity contribution in [3.63, 3.8) is 0 Å². The monoisotopic (exact) mass is 295 g/mol. The van der Waals surface area contributed by atoms with E-state index in [0.717, 1.165) is 22.9 Å². The summed E-state index contributed by atoms with van der Waals surface area (Å²) in [5.74, 6) is 0.465. The summed E-state index contributed by atoms with van der Waals surface area (Å²) in [7, 11) is 0. The Bertz CT molecular complexity index is 386. The van der Waals surface area contributed by atoms with Crippen LogP contribution in [0.15, 0.2) is 28.7 Å². The third-order valence-corrected chi connectivity index (χ3v) is 4.16. The first-order chi connectivity index (χ1) is 8.27. The van der Waals surface area contributed by atoms with E-state index in [1.807, 2.05) is 24.3 Å². The van der Waals surface area contributed by atoms with Crippen molar-refractivity contribution in [1.82, 2.24) is 5.32 Å². The highest BCUT2D eigenvalue weighted by Gasteiger charge is 2.20. The molecule has 92 valence electrons. The minimum atomic E-state index is 0.223. The van der Waals surface area contributed by atoms with E-state index >= 15 is 0 Å². The van der Waals surface area contributed by atoms with Gasteiger partial charge in [-0.15, -0.1) is 0 Å². The van der Waals surface area contributed by atoms with Crippen LogP contribution in [0, 0.1) is 5.92 Å². The number of amides is 1. The first kappa shape index (κ1) is 12.6. The molecule has 0 aliphatic heterocycles. The zero-order valence-electron chi connectivity index (χ0n) is 9.92. The SMILES string of the molecule is O=C(NCc1ccccc1Br)C1CCCCC1. The molecule has 0 radical (unpaired) electrons. The van der Waals surface area contributed by atoms with E-state index in [1.165, 1.54) is 19.3 Å². The second-order valence-corrected chi connectivity index (χ2v) is 5.50. The Labute approximate surface area is 111 Å². The van der Waals surface area contributed by atoms with Gasteiger partial charge >= 0.3 is 0 Å². The minimum absolute atomic E-state index is 0.223. The van der Waals surface area contributed by atoms with Crippen LogP contribution in [-0.4, -0.2) is 5.91 Å². The number of halogens is 1. The Hall–Kier alpha value is -0.830. The summed E-state index contributed by atoms with van der Waals surface area (Å²) in [6.07, 6.45) is 5.80. The lowest BCUT2D eigenvalue weighted by Crippen LogP contribution is -2.31. The minimum Gasteiger partial charge on any atom is -0.352 e. The van der Waals surface area contributed by atoms with Crippen molar-refractivity contribution in [2.24, 2.45) is 5.92 Å². The van der Waals surface area contributed by atoms with Crippen LogP contribution in [0.5, 0.6) is 0 Å². The van der Waals surface area contributed by atoms with Gasteiger partial charge in [-0.25, -0.2) is 0 Å². The number of carbonyl (C=O) groups is 1. The summed E-state index contributed by atoms with van der Waals surface area (Å²) in [5.41, 5.74) is 1.14. The van der Waals surface area contributed by atoms with Crippen LogP contribution in [0.3, 0.4) is 0 Å². The second-order valence-electron chi connectivity index (χ2n) is 4.64. The zero-order chi connectivity index (χ0) is 12.1. The van der Waals surface area contributed by atoms with Gasteiger partial charge in [-0.05, 0) is 24.5 Å². The molecule has 1 amide bonds. The number of nitrogens with one attached hydrogen (secondary N) is 1. The number of rotatable bonds is 3. The van der Waals surface area contributed by atoms with Gasteiger partial charge in [-0.1, -0.05) is 53.4 Å². The first-order valence-corrected chi connectivity index (χ1v) is 7.08. The maximum absolute atomic E-state index is 12.0. The van der Waals surface area contributed by atoms with Gasteiger partial charge in [0.1, 0.15) is 0 Å². The van der Waals surface area contributed by atoms with Crippen molar-refractivity contribution in [1.29, 1.82) is 0 Å². The Morgan fingerprint density at radius 3 is 2.65 bits per heavy atom. The zero-order valence-corrected chi connectivity index (χ0v) is 11.5. The van der Waals surface area contributed by atoms with E-state index in [0.29, 0.717) is 6.54 Å². The fourth-order valence-corrected chi connectivity index (χ4v) is 2.76. The van der Waals surface area contributed by atoms with Gasteiger partial charge in [0, 0.05) is 16.9 Å². The average Bonchev–Trinajstić information content (AvgIpc) is 2.38. The largest absolute Gasteiger partial charge is 0.352 e. The predicted octanol–water partition coefficient (Wildman–Crippen LogP) is 3.65. The van der Waals surface area contributed by atoms with Crippen molar-refractivity contribution in [3.05, 3.63) is 34.3 Å². The van der Waals surface area contributed by atoms with Crippen LogP contribution in [0.2, 0.25) is 0 Å². The van der Waals surface area contributed by atoms with Crippen molar-refractivity contribution >= 4 is 21.8 Å². The molecule has 0 atom stereocenters. The van der Waals surface area contributed by atoms with E-state index in [1.54, 1.807) is 0 Å². The molecule has 1 N–H and O–H groups in total. The molecule has 1 aliphatic carbocycles. The van der Waals surface area contributed by atoms with Gasteiger partial charge < -0.3 is 5.32 Å². The number of hydrogen-bond donors (Lipinski definition) is 1. The predicted molar refractivity (Wildman–Crippen MR) is 72.6 cm³/mol. The van der Waals surface area contributed by atoms with Crippen LogP contribution >= 0.6 is 15.9 Å². The standard InChI is InChI=1S/C14H18BrNO/c15-13-9-5-4-8-12(13)10-16-14(17)11-6-2-1-3-7-11/h4-5,8-9,11H,1-3,6-7,10H2,(H,16,17). The molecule has 0 aromatic heterocycles. The van der Waals surface area contributed by atoms with Gasteiger partial charge in [0.2, 0.25) is 5.91 Å². The molecule has 3 heteroatoms. The summed E-state index contributed by atoms with van der Waals surface area (Å²) in [5, 5.41) is 3.04. The van der Waals surface area contributed by atoms with E-state index in [-0.39, 0.29) is 11.8 Å². The van der Waals surface area contributed by atoms with E-state index in [9.17, 15) is 4.79 Å². The van der Waals surface area contributed by atoms with Gasteiger partial charge in [0.25, 0.3) is 0 Å². The molecule has 17 heavy (non-hydrogen) atoms. The lowest BCUT2D eigenvalue weighted by Gasteiger charge is -2.20. The summed E-state index contributed by atoms with van der Waals surface area (Å²) in [6, 6.07) is 8.01. The molecule has 0 saturated heterocycles. The highest BCUT2D eigenvalue weighted by atomic mass is 79.9. The molecule has 2 nitrogen and oxygen atoms in total. The Balaban J connectivity index is 1.85. The lowest BCUT2D eigenvalue weighted by molar-refractivity contribution is -0.126. The highest BCUT2D eigenvalue weighted by Crippen LogP contribution is 2.24. The maximum atomic E-state index is 12.0. The summed E-state index contributed by atoms with van der Waals surface area (Å²) >= 11 is 3.49. The van der Waals surface area contributed by atoms with E-state index < -0.39 is 0 Å². The first-order valence-electron chi connectivity index (χ1n) is 6.28. The topological polar surface area (TPSA) is 29.1 Å². The third-order valence-electron chi connectivity index (χ3n) is 3.39.